The van der Waals surface area contributed by atoms with Gasteiger partial charge in [-0.1, -0.05) is 54.6 Å². The smallest absolute Gasteiger partial charge is 0.411 e. The summed E-state index contributed by atoms with van der Waals surface area (Å²) in [6.07, 6.45) is 4.63. The molecule has 0 radical (unpaired) electrons. The number of hydrogen-bond donors (Lipinski definition) is 1. The SMILES string of the molecule is C[C@@H](c1ccc(-c2ccnc(C3(S(C)(=O)=O)CC3)c2)cc1)N1CCC(CC(C)(C)O)(c2ccccc2)OC1=O. The van der Waals surface area contributed by atoms with Crippen LogP contribution in [0.5, 0.6) is 0 Å². The van der Waals surface area contributed by atoms with E-state index in [4.69, 9.17) is 4.74 Å². The summed E-state index contributed by atoms with van der Waals surface area (Å²) in [7, 11) is -3.24. The molecule has 1 N–H and O–H groups in total. The Bertz CT molecular complexity index is 1460. The fourth-order valence-electron chi connectivity index (χ4n) is 5.82. The molecule has 1 amide bonds. The molecule has 1 saturated heterocycles. The Hall–Kier alpha value is -3.23. The number of ether oxygens (including phenoxy) is 1. The lowest BCUT2D eigenvalue weighted by molar-refractivity contribution is -0.101. The summed E-state index contributed by atoms with van der Waals surface area (Å²) in [6, 6.07) is 21.2. The average molecular weight is 549 g/mol. The fourth-order valence-corrected chi connectivity index (χ4v) is 7.15. The number of rotatable bonds is 8. The van der Waals surface area contributed by atoms with E-state index in [1.807, 2.05) is 73.7 Å². The highest BCUT2D eigenvalue weighted by atomic mass is 32.2. The number of cyclic esters (lactones) is 1. The van der Waals surface area contributed by atoms with Crippen LogP contribution < -0.4 is 0 Å². The molecule has 5 rings (SSSR count). The minimum Gasteiger partial charge on any atom is -0.438 e. The summed E-state index contributed by atoms with van der Waals surface area (Å²) in [5.74, 6) is 0. The third kappa shape index (κ3) is 5.32. The van der Waals surface area contributed by atoms with E-state index >= 15 is 0 Å². The summed E-state index contributed by atoms with van der Waals surface area (Å²) >= 11 is 0. The number of hydrogen-bond acceptors (Lipinski definition) is 6. The van der Waals surface area contributed by atoms with Crippen molar-refractivity contribution in [2.75, 3.05) is 12.8 Å². The maximum atomic E-state index is 13.4. The monoisotopic (exact) mass is 548 g/mol. The predicted molar refractivity (Wildman–Crippen MR) is 151 cm³/mol. The molecule has 2 heterocycles. The Balaban J connectivity index is 1.34. The fraction of sp³-hybridized carbons (Fsp3) is 0.419. The van der Waals surface area contributed by atoms with E-state index in [-0.39, 0.29) is 6.04 Å². The van der Waals surface area contributed by atoms with E-state index < -0.39 is 31.9 Å². The highest BCUT2D eigenvalue weighted by Gasteiger charge is 2.54. The van der Waals surface area contributed by atoms with E-state index in [2.05, 4.69) is 4.98 Å². The Labute approximate surface area is 230 Å². The molecule has 2 atom stereocenters. The van der Waals surface area contributed by atoms with Gasteiger partial charge in [0.25, 0.3) is 0 Å². The molecule has 7 nitrogen and oxygen atoms in total. The van der Waals surface area contributed by atoms with Crippen LogP contribution in [-0.4, -0.2) is 47.9 Å². The molecular formula is C31H36N2O5S. The minimum atomic E-state index is -3.24. The maximum absolute atomic E-state index is 13.4. The number of benzene rings is 2. The number of nitrogens with zero attached hydrogens (tertiary/aromatic N) is 2. The summed E-state index contributed by atoms with van der Waals surface area (Å²) in [4.78, 5) is 19.5. The average Bonchev–Trinajstić information content (AvgIpc) is 3.71. The molecule has 0 bridgehead atoms. The van der Waals surface area contributed by atoms with Crippen molar-refractivity contribution in [2.24, 2.45) is 0 Å². The highest BCUT2D eigenvalue weighted by molar-refractivity contribution is 7.91. The first kappa shape index (κ1) is 27.3. The number of carbonyl (C=O) groups is 1. The maximum Gasteiger partial charge on any atom is 0.411 e. The van der Waals surface area contributed by atoms with Crippen LogP contribution in [0.25, 0.3) is 11.1 Å². The van der Waals surface area contributed by atoms with Crippen molar-refractivity contribution in [1.29, 1.82) is 0 Å². The number of sulfone groups is 1. The van der Waals surface area contributed by atoms with Crippen LogP contribution in [0.3, 0.4) is 0 Å². The van der Waals surface area contributed by atoms with Crippen molar-refractivity contribution < 1.29 is 23.1 Å². The van der Waals surface area contributed by atoms with Gasteiger partial charge in [-0.05, 0) is 68.0 Å². The van der Waals surface area contributed by atoms with Crippen molar-refractivity contribution in [1.82, 2.24) is 9.88 Å². The van der Waals surface area contributed by atoms with Gasteiger partial charge in [-0.3, -0.25) is 4.98 Å². The van der Waals surface area contributed by atoms with Gasteiger partial charge in [0.15, 0.2) is 9.84 Å². The molecule has 2 aliphatic rings. The van der Waals surface area contributed by atoms with Gasteiger partial charge in [0.2, 0.25) is 0 Å². The van der Waals surface area contributed by atoms with Gasteiger partial charge in [0.05, 0.1) is 17.3 Å². The van der Waals surface area contributed by atoms with Crippen LogP contribution >= 0.6 is 0 Å². The van der Waals surface area contributed by atoms with Gasteiger partial charge in [-0.2, -0.15) is 0 Å². The van der Waals surface area contributed by atoms with E-state index in [9.17, 15) is 18.3 Å². The van der Waals surface area contributed by atoms with Crippen LogP contribution in [0.4, 0.5) is 4.79 Å². The van der Waals surface area contributed by atoms with Crippen molar-refractivity contribution >= 4 is 15.9 Å². The van der Waals surface area contributed by atoms with Crippen LogP contribution in [0.1, 0.15) is 69.3 Å². The zero-order chi connectivity index (χ0) is 28.1. The van der Waals surface area contributed by atoms with Gasteiger partial charge >= 0.3 is 6.09 Å². The summed E-state index contributed by atoms with van der Waals surface area (Å²) < 4.78 is 30.0. The molecule has 39 heavy (non-hydrogen) atoms. The lowest BCUT2D eigenvalue weighted by Gasteiger charge is -2.45. The predicted octanol–water partition coefficient (Wildman–Crippen LogP) is 5.74. The zero-order valence-corrected chi connectivity index (χ0v) is 23.7. The highest BCUT2D eigenvalue weighted by Crippen LogP contribution is 2.52. The van der Waals surface area contributed by atoms with E-state index in [1.54, 1.807) is 24.9 Å². The van der Waals surface area contributed by atoms with Crippen molar-refractivity contribution in [3.63, 3.8) is 0 Å². The molecule has 0 spiro atoms. The Kier molecular flexibility index (Phi) is 6.84. The molecular weight excluding hydrogens is 512 g/mol. The molecule has 1 aliphatic carbocycles. The number of aliphatic hydroxyl groups is 1. The van der Waals surface area contributed by atoms with Gasteiger partial charge in [0, 0.05) is 31.8 Å². The number of pyridine rings is 1. The molecule has 1 aromatic heterocycles. The third-order valence-electron chi connectivity index (χ3n) is 8.13. The Morgan fingerprint density at radius 1 is 1.03 bits per heavy atom. The second-order valence-corrected chi connectivity index (χ2v) is 14.0. The van der Waals surface area contributed by atoms with E-state index in [0.717, 1.165) is 22.3 Å². The summed E-state index contributed by atoms with van der Waals surface area (Å²) in [5.41, 5.74) is 2.42. The molecule has 3 aromatic rings. The molecule has 8 heteroatoms. The van der Waals surface area contributed by atoms with Crippen LogP contribution in [0.15, 0.2) is 72.9 Å². The molecule has 2 aromatic carbocycles. The topological polar surface area (TPSA) is 96.8 Å². The Morgan fingerprint density at radius 3 is 2.26 bits per heavy atom. The summed E-state index contributed by atoms with van der Waals surface area (Å²) in [5, 5.41) is 10.6. The second-order valence-electron chi connectivity index (χ2n) is 11.7. The van der Waals surface area contributed by atoms with Crippen LogP contribution in [-0.2, 0) is 24.9 Å². The quantitative estimate of drug-likeness (QED) is 0.386. The molecule has 1 saturated carbocycles. The molecule has 1 aliphatic heterocycles. The van der Waals surface area contributed by atoms with Gasteiger partial charge in [0.1, 0.15) is 10.3 Å². The van der Waals surface area contributed by atoms with Crippen LogP contribution in [0, 0.1) is 0 Å². The summed E-state index contributed by atoms with van der Waals surface area (Å²) in [6.45, 7) is 5.95. The first-order chi connectivity index (χ1) is 18.3. The van der Waals surface area contributed by atoms with E-state index in [1.165, 1.54) is 6.26 Å². The number of aromatic nitrogens is 1. The van der Waals surface area contributed by atoms with Gasteiger partial charge in [-0.15, -0.1) is 0 Å². The van der Waals surface area contributed by atoms with E-state index in [0.29, 0.717) is 37.9 Å². The first-order valence-electron chi connectivity index (χ1n) is 13.4. The largest absolute Gasteiger partial charge is 0.438 e. The van der Waals surface area contributed by atoms with Gasteiger partial charge < -0.3 is 14.7 Å². The lowest BCUT2D eigenvalue weighted by atomic mass is 9.80. The van der Waals surface area contributed by atoms with Crippen molar-refractivity contribution in [3.05, 3.63) is 89.7 Å². The van der Waals surface area contributed by atoms with Crippen molar-refractivity contribution in [2.45, 2.75) is 68.4 Å². The normalized spacial score (nSPS) is 21.8. The minimum absolute atomic E-state index is 0.213. The first-order valence-corrected chi connectivity index (χ1v) is 15.3. The standard InChI is InChI=1S/C31H36N2O5S/c1-22(33-19-17-30(38-28(33)34,21-29(2,3)35)26-8-6-5-7-9-26)23-10-12-24(13-11-23)25-14-18-32-27(20-25)31(15-16-31)39(4,36)37/h5-14,18,20,22,35H,15-17,19,21H2,1-4H3/t22-,30?/m0/s1. The second kappa shape index (κ2) is 9.75. The molecule has 1 unspecified atom stereocenters. The van der Waals surface area contributed by atoms with Crippen molar-refractivity contribution in [3.8, 4) is 11.1 Å². The molecule has 206 valence electrons. The number of amides is 1. The van der Waals surface area contributed by atoms with Crippen LogP contribution in [0.2, 0.25) is 0 Å². The third-order valence-corrected chi connectivity index (χ3v) is 10.2. The lowest BCUT2D eigenvalue weighted by Crippen LogP contribution is -2.51. The molecule has 2 fully saturated rings. The number of carbonyl (C=O) groups excluding carboxylic acids is 1. The van der Waals surface area contributed by atoms with Gasteiger partial charge in [-0.25, -0.2) is 13.2 Å². The zero-order valence-electron chi connectivity index (χ0n) is 22.9. The Morgan fingerprint density at radius 2 is 1.69 bits per heavy atom.